The first-order valence-electron chi connectivity index (χ1n) is 11.5. The minimum atomic E-state index is -0.483. The molecule has 170 valence electrons. The molecule has 33 heavy (non-hydrogen) atoms. The van der Waals surface area contributed by atoms with Crippen molar-refractivity contribution in [3.05, 3.63) is 48.0 Å². The van der Waals surface area contributed by atoms with Crippen LogP contribution in [0.5, 0.6) is 5.75 Å². The molecule has 7 nitrogen and oxygen atoms in total. The van der Waals surface area contributed by atoms with Gasteiger partial charge in [0.05, 0.1) is 36.6 Å². The Balaban J connectivity index is 1.48. The molecule has 1 aliphatic carbocycles. The van der Waals surface area contributed by atoms with Crippen LogP contribution in [0.1, 0.15) is 44.2 Å². The van der Waals surface area contributed by atoms with Crippen molar-refractivity contribution in [1.82, 2.24) is 4.57 Å². The number of carbonyl (C=O) groups is 1. The first-order chi connectivity index (χ1) is 16.2. The van der Waals surface area contributed by atoms with Gasteiger partial charge in [0.15, 0.2) is 0 Å². The average Bonchev–Trinajstić information content (AvgIpc) is 3.39. The number of rotatable bonds is 6. The number of amides is 1. The fourth-order valence-corrected chi connectivity index (χ4v) is 4.59. The third kappa shape index (κ3) is 4.14. The van der Waals surface area contributed by atoms with Gasteiger partial charge < -0.3 is 18.8 Å². The van der Waals surface area contributed by atoms with Crippen molar-refractivity contribution in [2.75, 3.05) is 25.1 Å². The Morgan fingerprint density at radius 1 is 1.21 bits per heavy atom. The smallest absolute Gasteiger partial charge is 0.411 e. The lowest BCUT2D eigenvalue weighted by molar-refractivity contribution is 0.0932. The summed E-state index contributed by atoms with van der Waals surface area (Å²) in [5.74, 6) is 0.768. The van der Waals surface area contributed by atoms with E-state index in [4.69, 9.17) is 14.2 Å². The molecule has 1 aliphatic heterocycles. The zero-order valence-electron chi connectivity index (χ0n) is 18.7. The molecule has 1 amide bonds. The Morgan fingerprint density at radius 3 is 2.67 bits per heavy atom. The van der Waals surface area contributed by atoms with Gasteiger partial charge in [0.1, 0.15) is 17.9 Å². The van der Waals surface area contributed by atoms with Gasteiger partial charge in [0, 0.05) is 23.5 Å². The second kappa shape index (κ2) is 9.16. The van der Waals surface area contributed by atoms with Gasteiger partial charge in [0.25, 0.3) is 0 Å². The monoisotopic (exact) mass is 445 g/mol. The highest BCUT2D eigenvalue weighted by atomic mass is 16.6. The van der Waals surface area contributed by atoms with Crippen LogP contribution in [0, 0.1) is 11.3 Å². The highest BCUT2D eigenvalue weighted by Crippen LogP contribution is 2.43. The van der Waals surface area contributed by atoms with Gasteiger partial charge in [-0.3, -0.25) is 5.32 Å². The molecule has 0 unspecified atom stereocenters. The number of hydrogen-bond acceptors (Lipinski definition) is 5. The predicted molar refractivity (Wildman–Crippen MR) is 125 cm³/mol. The van der Waals surface area contributed by atoms with E-state index < -0.39 is 6.09 Å². The number of nitrogens with one attached hydrogen (secondary N) is 1. The standard InChI is InChI=1S/C26H27N3O4/c1-2-32-20-10-11-24-22(14-20)23(15-27)25(29(24)19-4-3-5-19)17-6-8-18(9-7-17)28-26(30)33-21-12-13-31-16-21/h6-11,14,19,21H,2-5,12-13,16H2,1H3,(H,28,30)/t21-/m0/s1. The summed E-state index contributed by atoms with van der Waals surface area (Å²) >= 11 is 0. The van der Waals surface area contributed by atoms with Crippen LogP contribution in [0.25, 0.3) is 22.2 Å². The van der Waals surface area contributed by atoms with E-state index in [1.807, 2.05) is 43.3 Å². The number of aromatic nitrogens is 1. The van der Waals surface area contributed by atoms with Crippen LogP contribution >= 0.6 is 0 Å². The van der Waals surface area contributed by atoms with E-state index in [0.29, 0.717) is 37.1 Å². The Hall–Kier alpha value is -3.50. The molecule has 1 saturated heterocycles. The molecular formula is C26H27N3O4. The molecular weight excluding hydrogens is 418 g/mol. The maximum absolute atomic E-state index is 12.2. The number of nitriles is 1. The Labute approximate surface area is 192 Å². The molecule has 2 aliphatic rings. The first-order valence-corrected chi connectivity index (χ1v) is 11.5. The van der Waals surface area contributed by atoms with E-state index in [0.717, 1.165) is 47.2 Å². The van der Waals surface area contributed by atoms with E-state index in [1.165, 1.54) is 6.42 Å². The summed E-state index contributed by atoms with van der Waals surface area (Å²) in [4.78, 5) is 12.2. The fraction of sp³-hybridized carbons (Fsp3) is 0.385. The Kier molecular flexibility index (Phi) is 5.93. The topological polar surface area (TPSA) is 85.5 Å². The maximum Gasteiger partial charge on any atom is 0.411 e. The van der Waals surface area contributed by atoms with Gasteiger partial charge in [0.2, 0.25) is 0 Å². The summed E-state index contributed by atoms with van der Waals surface area (Å²) in [6, 6.07) is 16.4. The van der Waals surface area contributed by atoms with Crippen LogP contribution in [0.4, 0.5) is 10.5 Å². The van der Waals surface area contributed by atoms with Crippen molar-refractivity contribution in [2.45, 2.75) is 44.8 Å². The van der Waals surface area contributed by atoms with Crippen LogP contribution in [0.15, 0.2) is 42.5 Å². The Morgan fingerprint density at radius 2 is 2.03 bits per heavy atom. The van der Waals surface area contributed by atoms with E-state index in [-0.39, 0.29) is 6.10 Å². The molecule has 3 aromatic rings. The number of ether oxygens (including phenoxy) is 3. The number of benzene rings is 2. The molecule has 1 saturated carbocycles. The highest BCUT2D eigenvalue weighted by Gasteiger charge is 2.28. The summed E-state index contributed by atoms with van der Waals surface area (Å²) in [7, 11) is 0. The second-order valence-corrected chi connectivity index (χ2v) is 8.50. The zero-order valence-corrected chi connectivity index (χ0v) is 18.7. The van der Waals surface area contributed by atoms with Crippen LogP contribution in [-0.2, 0) is 9.47 Å². The molecule has 5 rings (SSSR count). The third-order valence-electron chi connectivity index (χ3n) is 6.40. The number of nitrogens with zero attached hydrogens (tertiary/aromatic N) is 2. The van der Waals surface area contributed by atoms with Crippen molar-refractivity contribution in [3.8, 4) is 23.1 Å². The largest absolute Gasteiger partial charge is 0.494 e. The van der Waals surface area contributed by atoms with Crippen LogP contribution in [0.3, 0.4) is 0 Å². The zero-order chi connectivity index (χ0) is 22.8. The van der Waals surface area contributed by atoms with Crippen molar-refractivity contribution in [1.29, 1.82) is 5.26 Å². The summed E-state index contributed by atoms with van der Waals surface area (Å²) in [6.07, 6.45) is 3.45. The normalized spacial score (nSPS) is 18.0. The van der Waals surface area contributed by atoms with E-state index in [2.05, 4.69) is 22.0 Å². The molecule has 1 atom stereocenters. The minimum absolute atomic E-state index is 0.192. The predicted octanol–water partition coefficient (Wildman–Crippen LogP) is 5.64. The molecule has 0 spiro atoms. The number of carbonyl (C=O) groups excluding carboxylic acids is 1. The fourth-order valence-electron chi connectivity index (χ4n) is 4.59. The van der Waals surface area contributed by atoms with Crippen LogP contribution in [-0.4, -0.2) is 36.6 Å². The van der Waals surface area contributed by atoms with Crippen LogP contribution < -0.4 is 10.1 Å². The summed E-state index contributed by atoms with van der Waals surface area (Å²) < 4.78 is 18.6. The van der Waals surface area contributed by atoms with Gasteiger partial charge >= 0.3 is 6.09 Å². The first kappa shape index (κ1) is 21.4. The molecule has 2 aromatic carbocycles. The van der Waals surface area contributed by atoms with Gasteiger partial charge in [-0.2, -0.15) is 5.26 Å². The third-order valence-corrected chi connectivity index (χ3v) is 6.40. The van der Waals surface area contributed by atoms with Crippen molar-refractivity contribution in [2.24, 2.45) is 0 Å². The van der Waals surface area contributed by atoms with E-state index in [1.54, 1.807) is 0 Å². The molecule has 1 aromatic heterocycles. The van der Waals surface area contributed by atoms with E-state index >= 15 is 0 Å². The molecule has 2 heterocycles. The maximum atomic E-state index is 12.2. The number of hydrogen-bond donors (Lipinski definition) is 1. The van der Waals surface area contributed by atoms with Crippen LogP contribution in [0.2, 0.25) is 0 Å². The lowest BCUT2D eigenvalue weighted by atomic mass is 9.92. The minimum Gasteiger partial charge on any atom is -0.494 e. The summed E-state index contributed by atoms with van der Waals surface area (Å²) in [6.45, 7) is 3.59. The lowest BCUT2D eigenvalue weighted by Crippen LogP contribution is -2.22. The highest BCUT2D eigenvalue weighted by molar-refractivity contribution is 5.96. The van der Waals surface area contributed by atoms with Gasteiger partial charge in [-0.05, 0) is 62.1 Å². The van der Waals surface area contributed by atoms with Crippen molar-refractivity contribution < 1.29 is 19.0 Å². The quantitative estimate of drug-likeness (QED) is 0.531. The van der Waals surface area contributed by atoms with Gasteiger partial charge in [-0.1, -0.05) is 12.1 Å². The molecule has 7 heteroatoms. The average molecular weight is 446 g/mol. The lowest BCUT2D eigenvalue weighted by Gasteiger charge is -2.30. The second-order valence-electron chi connectivity index (χ2n) is 8.50. The summed E-state index contributed by atoms with van der Waals surface area (Å²) in [5.41, 5.74) is 4.21. The Bertz CT molecular complexity index is 1200. The molecule has 0 bridgehead atoms. The van der Waals surface area contributed by atoms with E-state index in [9.17, 15) is 10.1 Å². The van der Waals surface area contributed by atoms with Crippen molar-refractivity contribution >= 4 is 22.7 Å². The molecule has 2 fully saturated rings. The van der Waals surface area contributed by atoms with Crippen molar-refractivity contribution in [3.63, 3.8) is 0 Å². The molecule has 1 N–H and O–H groups in total. The number of fused-ring (bicyclic) bond motifs is 1. The van der Waals surface area contributed by atoms with Gasteiger partial charge in [-0.15, -0.1) is 0 Å². The summed E-state index contributed by atoms with van der Waals surface area (Å²) in [5, 5.41) is 13.8. The number of anilines is 1. The molecule has 0 radical (unpaired) electrons. The van der Waals surface area contributed by atoms with Gasteiger partial charge in [-0.25, -0.2) is 4.79 Å². The SMILES string of the molecule is CCOc1ccc2c(c1)c(C#N)c(-c1ccc(NC(=O)O[C@H]3CCOC3)cc1)n2C1CCC1.